The SMILES string of the molecule is CCOC(=O)/C=C/c1ccc(NC(=O)/C(=C/c2ccco2)NC(=O)c2ccccc2)cc1. The molecule has 162 valence electrons. The third kappa shape index (κ3) is 6.56. The zero-order valence-corrected chi connectivity index (χ0v) is 17.4. The monoisotopic (exact) mass is 430 g/mol. The summed E-state index contributed by atoms with van der Waals surface area (Å²) in [6.07, 6.45) is 5.88. The van der Waals surface area contributed by atoms with Crippen molar-refractivity contribution in [2.24, 2.45) is 0 Å². The quantitative estimate of drug-likeness (QED) is 0.411. The molecule has 0 radical (unpaired) electrons. The Morgan fingerprint density at radius 2 is 1.72 bits per heavy atom. The highest BCUT2D eigenvalue weighted by atomic mass is 16.5. The first-order chi connectivity index (χ1) is 15.5. The molecule has 0 spiro atoms. The van der Waals surface area contributed by atoms with Gasteiger partial charge < -0.3 is 19.8 Å². The topological polar surface area (TPSA) is 97.6 Å². The molecule has 1 aromatic heterocycles. The van der Waals surface area contributed by atoms with Crippen molar-refractivity contribution < 1.29 is 23.5 Å². The third-order valence-corrected chi connectivity index (χ3v) is 4.23. The van der Waals surface area contributed by atoms with Crippen molar-refractivity contribution in [3.63, 3.8) is 0 Å². The third-order valence-electron chi connectivity index (χ3n) is 4.23. The summed E-state index contributed by atoms with van der Waals surface area (Å²) in [7, 11) is 0. The van der Waals surface area contributed by atoms with E-state index in [2.05, 4.69) is 10.6 Å². The fraction of sp³-hybridized carbons (Fsp3) is 0.0800. The van der Waals surface area contributed by atoms with Crippen LogP contribution in [-0.4, -0.2) is 24.4 Å². The summed E-state index contributed by atoms with van der Waals surface area (Å²) in [5.41, 5.74) is 1.73. The van der Waals surface area contributed by atoms with Gasteiger partial charge in [0, 0.05) is 23.4 Å². The molecule has 0 aliphatic rings. The van der Waals surface area contributed by atoms with Crippen LogP contribution < -0.4 is 10.6 Å². The molecule has 0 unspecified atom stereocenters. The Hall–Kier alpha value is -4.39. The number of amides is 2. The van der Waals surface area contributed by atoms with Gasteiger partial charge in [0.2, 0.25) is 0 Å². The largest absolute Gasteiger partial charge is 0.465 e. The van der Waals surface area contributed by atoms with Gasteiger partial charge in [-0.1, -0.05) is 30.3 Å². The summed E-state index contributed by atoms with van der Waals surface area (Å²) < 4.78 is 10.1. The van der Waals surface area contributed by atoms with Crippen LogP contribution in [-0.2, 0) is 14.3 Å². The fourth-order valence-electron chi connectivity index (χ4n) is 2.69. The molecular formula is C25H22N2O5. The van der Waals surface area contributed by atoms with Gasteiger partial charge in [-0.15, -0.1) is 0 Å². The Labute approximate surface area is 185 Å². The molecule has 0 fully saturated rings. The highest BCUT2D eigenvalue weighted by Gasteiger charge is 2.15. The second-order valence-corrected chi connectivity index (χ2v) is 6.56. The van der Waals surface area contributed by atoms with Gasteiger partial charge in [0.25, 0.3) is 11.8 Å². The molecule has 7 heteroatoms. The number of furan rings is 1. The van der Waals surface area contributed by atoms with Gasteiger partial charge in [-0.25, -0.2) is 4.79 Å². The van der Waals surface area contributed by atoms with Crippen LogP contribution in [0.5, 0.6) is 0 Å². The molecule has 32 heavy (non-hydrogen) atoms. The minimum atomic E-state index is -0.513. The zero-order chi connectivity index (χ0) is 22.8. The van der Waals surface area contributed by atoms with Crippen molar-refractivity contribution in [2.75, 3.05) is 11.9 Å². The number of rotatable bonds is 8. The average molecular weight is 430 g/mol. The molecule has 2 amide bonds. The minimum absolute atomic E-state index is 0.0279. The summed E-state index contributed by atoms with van der Waals surface area (Å²) in [4.78, 5) is 36.8. The molecule has 0 saturated carbocycles. The van der Waals surface area contributed by atoms with Crippen LogP contribution in [0.4, 0.5) is 5.69 Å². The Balaban J connectivity index is 1.72. The van der Waals surface area contributed by atoms with E-state index < -0.39 is 17.8 Å². The van der Waals surface area contributed by atoms with Gasteiger partial charge in [0.15, 0.2) is 0 Å². The molecule has 0 aliphatic heterocycles. The van der Waals surface area contributed by atoms with Gasteiger partial charge >= 0.3 is 5.97 Å². The van der Waals surface area contributed by atoms with Gasteiger partial charge in [0.1, 0.15) is 11.5 Å². The van der Waals surface area contributed by atoms with Crippen LogP contribution in [0.25, 0.3) is 12.2 Å². The number of hydrogen-bond acceptors (Lipinski definition) is 5. The van der Waals surface area contributed by atoms with E-state index in [-0.39, 0.29) is 5.70 Å². The van der Waals surface area contributed by atoms with E-state index in [1.54, 1.807) is 79.7 Å². The molecule has 3 rings (SSSR count). The average Bonchev–Trinajstić information content (AvgIpc) is 3.32. The number of carbonyl (C=O) groups is 3. The summed E-state index contributed by atoms with van der Waals surface area (Å²) >= 11 is 0. The van der Waals surface area contributed by atoms with Crippen molar-refractivity contribution in [1.82, 2.24) is 5.32 Å². The van der Waals surface area contributed by atoms with Gasteiger partial charge in [-0.2, -0.15) is 0 Å². The molecule has 2 aromatic carbocycles. The number of carbonyl (C=O) groups excluding carboxylic acids is 3. The highest BCUT2D eigenvalue weighted by Crippen LogP contribution is 2.14. The summed E-state index contributed by atoms with van der Waals surface area (Å²) in [5.74, 6) is -0.937. The van der Waals surface area contributed by atoms with Crippen molar-refractivity contribution in [3.05, 3.63) is 102 Å². The maximum atomic E-state index is 12.9. The van der Waals surface area contributed by atoms with Crippen molar-refractivity contribution in [3.8, 4) is 0 Å². The lowest BCUT2D eigenvalue weighted by Gasteiger charge is -2.11. The molecule has 0 saturated heterocycles. The van der Waals surface area contributed by atoms with Gasteiger partial charge in [-0.05, 0) is 55.0 Å². The van der Waals surface area contributed by atoms with Crippen LogP contribution in [0.15, 0.2) is 89.2 Å². The lowest BCUT2D eigenvalue weighted by molar-refractivity contribution is -0.137. The van der Waals surface area contributed by atoms with E-state index >= 15 is 0 Å². The summed E-state index contributed by atoms with van der Waals surface area (Å²) in [5, 5.41) is 5.38. The first-order valence-corrected chi connectivity index (χ1v) is 9.93. The van der Waals surface area contributed by atoms with Crippen LogP contribution >= 0.6 is 0 Å². The van der Waals surface area contributed by atoms with E-state index in [1.807, 2.05) is 0 Å². The van der Waals surface area contributed by atoms with Crippen molar-refractivity contribution >= 4 is 35.6 Å². The second-order valence-electron chi connectivity index (χ2n) is 6.56. The first-order valence-electron chi connectivity index (χ1n) is 9.93. The highest BCUT2D eigenvalue weighted by molar-refractivity contribution is 6.10. The van der Waals surface area contributed by atoms with E-state index in [1.165, 1.54) is 18.4 Å². The lowest BCUT2D eigenvalue weighted by Crippen LogP contribution is -2.30. The maximum Gasteiger partial charge on any atom is 0.330 e. The lowest BCUT2D eigenvalue weighted by atomic mass is 10.2. The van der Waals surface area contributed by atoms with Crippen LogP contribution in [0.2, 0.25) is 0 Å². The predicted molar refractivity (Wildman–Crippen MR) is 121 cm³/mol. The second kappa shape index (κ2) is 11.1. The Morgan fingerprint density at radius 1 is 0.969 bits per heavy atom. The number of ether oxygens (including phenoxy) is 1. The molecule has 0 bridgehead atoms. The number of hydrogen-bond donors (Lipinski definition) is 2. The summed E-state index contributed by atoms with van der Waals surface area (Å²) in [6, 6.07) is 18.8. The first kappa shape index (κ1) is 22.3. The Morgan fingerprint density at radius 3 is 2.38 bits per heavy atom. The Bertz CT molecular complexity index is 1110. The predicted octanol–water partition coefficient (Wildman–Crippen LogP) is 4.27. The fourth-order valence-corrected chi connectivity index (χ4v) is 2.69. The van der Waals surface area contributed by atoms with Gasteiger partial charge in [-0.3, -0.25) is 9.59 Å². The van der Waals surface area contributed by atoms with E-state index in [0.29, 0.717) is 23.6 Å². The molecule has 0 aliphatic carbocycles. The molecule has 3 aromatic rings. The number of esters is 1. The van der Waals surface area contributed by atoms with Crippen LogP contribution in [0.3, 0.4) is 0 Å². The van der Waals surface area contributed by atoms with Crippen molar-refractivity contribution in [2.45, 2.75) is 6.92 Å². The minimum Gasteiger partial charge on any atom is -0.465 e. The zero-order valence-electron chi connectivity index (χ0n) is 17.4. The number of nitrogens with one attached hydrogen (secondary N) is 2. The maximum absolute atomic E-state index is 12.9. The number of anilines is 1. The van der Waals surface area contributed by atoms with Crippen molar-refractivity contribution in [1.29, 1.82) is 0 Å². The van der Waals surface area contributed by atoms with E-state index in [0.717, 1.165) is 5.56 Å². The van der Waals surface area contributed by atoms with Crippen LogP contribution in [0.1, 0.15) is 28.6 Å². The molecule has 2 N–H and O–H groups in total. The smallest absolute Gasteiger partial charge is 0.330 e. The normalized spacial score (nSPS) is 11.2. The Kier molecular flexibility index (Phi) is 7.75. The molecule has 1 heterocycles. The van der Waals surface area contributed by atoms with Gasteiger partial charge in [0.05, 0.1) is 12.9 Å². The standard InChI is InChI=1S/C25H22N2O5/c1-2-31-23(28)15-12-18-10-13-20(14-11-18)26-25(30)22(17-21-9-6-16-32-21)27-24(29)19-7-4-3-5-8-19/h3-17H,2H2,1H3,(H,26,30)(H,27,29)/b15-12+,22-17-. The van der Waals surface area contributed by atoms with Crippen LogP contribution in [0, 0.1) is 0 Å². The molecule has 7 nitrogen and oxygen atoms in total. The number of benzene rings is 2. The molecule has 0 atom stereocenters. The van der Waals surface area contributed by atoms with E-state index in [9.17, 15) is 14.4 Å². The van der Waals surface area contributed by atoms with E-state index in [4.69, 9.17) is 9.15 Å². The summed E-state index contributed by atoms with van der Waals surface area (Å²) in [6.45, 7) is 2.04. The molecular weight excluding hydrogens is 408 g/mol.